The second kappa shape index (κ2) is 5.37. The van der Waals surface area contributed by atoms with Gasteiger partial charge in [-0.3, -0.25) is 5.43 Å². The highest BCUT2D eigenvalue weighted by Crippen LogP contribution is 2.23. The average molecular weight is 285 g/mol. The Hall–Kier alpha value is -3.07. The molecule has 106 valence electrons. The van der Waals surface area contributed by atoms with Gasteiger partial charge in [-0.15, -0.1) is 0 Å². The van der Waals surface area contributed by atoms with Crippen molar-refractivity contribution < 1.29 is 0 Å². The number of hydrogen-bond acceptors (Lipinski definition) is 2. The summed E-state index contributed by atoms with van der Waals surface area (Å²) < 4.78 is 0. The lowest BCUT2D eigenvalue weighted by Gasteiger charge is -2.09. The van der Waals surface area contributed by atoms with Crippen LogP contribution in [0, 0.1) is 0 Å². The van der Waals surface area contributed by atoms with Crippen molar-refractivity contribution >= 4 is 16.6 Å². The Morgan fingerprint density at radius 3 is 2.41 bits per heavy atom. The second-order valence-electron chi connectivity index (χ2n) is 5.17. The molecule has 0 fully saturated rings. The summed E-state index contributed by atoms with van der Waals surface area (Å²) in [7, 11) is 0. The molecule has 4 rings (SSSR count). The Morgan fingerprint density at radius 1 is 0.727 bits per heavy atom. The summed E-state index contributed by atoms with van der Waals surface area (Å²) in [4.78, 5) is 1.80. The molecule has 0 saturated carbocycles. The fraction of sp³-hybridized carbons (Fsp3) is 0. The van der Waals surface area contributed by atoms with Crippen molar-refractivity contribution in [1.29, 1.82) is 0 Å². The van der Waals surface area contributed by atoms with E-state index in [1.54, 1.807) is 4.79 Å². The van der Waals surface area contributed by atoms with E-state index in [1.807, 2.05) is 30.5 Å². The lowest BCUT2D eigenvalue weighted by atomic mass is 10.1. The molecule has 0 atom stereocenters. The molecule has 4 aromatic rings. The van der Waals surface area contributed by atoms with Gasteiger partial charge in [-0.1, -0.05) is 60.7 Å². The molecule has 22 heavy (non-hydrogen) atoms. The summed E-state index contributed by atoms with van der Waals surface area (Å²) in [6, 6.07) is 26.8. The molecule has 0 radical (unpaired) electrons. The molecular formula is C19H15N3. The van der Waals surface area contributed by atoms with Crippen LogP contribution in [0.5, 0.6) is 0 Å². The van der Waals surface area contributed by atoms with Crippen LogP contribution < -0.4 is 5.43 Å². The number of rotatable bonds is 3. The Morgan fingerprint density at radius 2 is 1.50 bits per heavy atom. The van der Waals surface area contributed by atoms with Gasteiger partial charge in [0.2, 0.25) is 0 Å². The normalized spacial score (nSPS) is 10.7. The number of aromatic nitrogens is 2. The van der Waals surface area contributed by atoms with Crippen molar-refractivity contribution in [1.82, 2.24) is 9.89 Å². The van der Waals surface area contributed by atoms with Crippen LogP contribution in [-0.2, 0) is 0 Å². The van der Waals surface area contributed by atoms with Crippen LogP contribution in [0.15, 0.2) is 85.1 Å². The van der Waals surface area contributed by atoms with Crippen molar-refractivity contribution in [3.63, 3.8) is 0 Å². The molecule has 0 spiro atoms. The first-order valence-corrected chi connectivity index (χ1v) is 7.25. The van der Waals surface area contributed by atoms with Gasteiger partial charge in [-0.25, -0.2) is 0 Å². The van der Waals surface area contributed by atoms with E-state index in [0.717, 1.165) is 16.6 Å². The van der Waals surface area contributed by atoms with Crippen LogP contribution in [0.1, 0.15) is 0 Å². The topological polar surface area (TPSA) is 29.9 Å². The molecule has 0 saturated heterocycles. The third-order valence-electron chi connectivity index (χ3n) is 3.68. The second-order valence-corrected chi connectivity index (χ2v) is 5.17. The van der Waals surface area contributed by atoms with Gasteiger partial charge in [0.1, 0.15) is 0 Å². The minimum absolute atomic E-state index is 1.01. The predicted molar refractivity (Wildman–Crippen MR) is 90.6 cm³/mol. The molecule has 3 nitrogen and oxygen atoms in total. The molecule has 0 aliphatic rings. The summed E-state index contributed by atoms with van der Waals surface area (Å²) in [5.41, 5.74) is 7.80. The van der Waals surface area contributed by atoms with Crippen LogP contribution in [0.4, 0.5) is 5.69 Å². The van der Waals surface area contributed by atoms with Gasteiger partial charge in [0.05, 0.1) is 17.4 Å². The zero-order chi connectivity index (χ0) is 14.8. The van der Waals surface area contributed by atoms with Crippen LogP contribution >= 0.6 is 0 Å². The van der Waals surface area contributed by atoms with Gasteiger partial charge < -0.3 is 0 Å². The van der Waals surface area contributed by atoms with Crippen molar-refractivity contribution in [2.24, 2.45) is 0 Å². The minimum Gasteiger partial charge on any atom is -0.278 e. The van der Waals surface area contributed by atoms with E-state index in [2.05, 4.69) is 65.1 Å². The first-order valence-electron chi connectivity index (χ1n) is 7.25. The quantitative estimate of drug-likeness (QED) is 0.597. The maximum atomic E-state index is 4.40. The number of nitrogens with one attached hydrogen (secondary N) is 1. The first kappa shape index (κ1) is 12.7. The van der Waals surface area contributed by atoms with Crippen molar-refractivity contribution in [2.75, 3.05) is 5.43 Å². The van der Waals surface area contributed by atoms with Gasteiger partial charge in [0.25, 0.3) is 0 Å². The summed E-state index contributed by atoms with van der Waals surface area (Å²) in [6.45, 7) is 0. The Bertz CT molecular complexity index is 910. The molecule has 0 unspecified atom stereocenters. The summed E-state index contributed by atoms with van der Waals surface area (Å²) in [5, 5.41) is 5.52. The maximum Gasteiger partial charge on any atom is 0.0922 e. The zero-order valence-electron chi connectivity index (χ0n) is 12.0. The fourth-order valence-corrected chi connectivity index (χ4v) is 2.58. The van der Waals surface area contributed by atoms with Crippen LogP contribution in [0.3, 0.4) is 0 Å². The highest BCUT2D eigenvalue weighted by Gasteiger charge is 2.03. The van der Waals surface area contributed by atoms with Gasteiger partial charge in [-0.2, -0.15) is 9.89 Å². The highest BCUT2D eigenvalue weighted by atomic mass is 15.6. The van der Waals surface area contributed by atoms with E-state index in [4.69, 9.17) is 0 Å². The number of fused-ring (bicyclic) bond motifs is 1. The molecule has 0 amide bonds. The first-order chi connectivity index (χ1) is 10.9. The van der Waals surface area contributed by atoms with E-state index < -0.39 is 0 Å². The molecule has 0 bridgehead atoms. The number of benzene rings is 3. The molecular weight excluding hydrogens is 270 g/mol. The lowest BCUT2D eigenvalue weighted by Crippen LogP contribution is -2.10. The Balaban J connectivity index is 1.69. The fourth-order valence-electron chi connectivity index (χ4n) is 2.58. The molecule has 1 heterocycles. The standard InChI is InChI=1S/C19H15N3/c1-2-7-15(8-3-1)16-10-6-11-18(13-16)21-22-19-12-5-4-9-17(19)14-20-22/h1-14,21H. The van der Waals surface area contributed by atoms with Gasteiger partial charge in [0, 0.05) is 5.39 Å². The molecule has 3 heteroatoms. The predicted octanol–water partition coefficient (Wildman–Crippen LogP) is 4.58. The largest absolute Gasteiger partial charge is 0.278 e. The SMILES string of the molecule is c1ccc(-c2cccc(Nn3ncc4ccccc43)c2)cc1. The third kappa shape index (κ3) is 2.33. The minimum atomic E-state index is 1.01. The molecule has 1 N–H and O–H groups in total. The Kier molecular flexibility index (Phi) is 3.09. The average Bonchev–Trinajstić information content (AvgIpc) is 2.99. The van der Waals surface area contributed by atoms with Gasteiger partial charge >= 0.3 is 0 Å². The van der Waals surface area contributed by atoms with E-state index >= 15 is 0 Å². The number of para-hydroxylation sites is 1. The lowest BCUT2D eigenvalue weighted by molar-refractivity contribution is 0.833. The number of hydrogen-bond donors (Lipinski definition) is 1. The van der Waals surface area contributed by atoms with Crippen molar-refractivity contribution in [3.8, 4) is 11.1 Å². The van der Waals surface area contributed by atoms with Crippen LogP contribution in [-0.4, -0.2) is 9.89 Å². The van der Waals surface area contributed by atoms with Crippen LogP contribution in [0.2, 0.25) is 0 Å². The van der Waals surface area contributed by atoms with Gasteiger partial charge in [-0.05, 0) is 29.3 Å². The van der Waals surface area contributed by atoms with E-state index in [9.17, 15) is 0 Å². The highest BCUT2D eigenvalue weighted by molar-refractivity contribution is 5.79. The number of anilines is 1. The molecule has 0 aliphatic heterocycles. The van der Waals surface area contributed by atoms with E-state index in [1.165, 1.54) is 11.1 Å². The smallest absolute Gasteiger partial charge is 0.0922 e. The maximum absolute atomic E-state index is 4.40. The van der Waals surface area contributed by atoms with Crippen molar-refractivity contribution in [3.05, 3.63) is 85.1 Å². The monoisotopic (exact) mass is 285 g/mol. The molecule has 3 aromatic carbocycles. The molecule has 0 aliphatic carbocycles. The van der Waals surface area contributed by atoms with E-state index in [0.29, 0.717) is 0 Å². The third-order valence-corrected chi connectivity index (χ3v) is 3.68. The summed E-state index contributed by atoms with van der Waals surface area (Å²) in [6.07, 6.45) is 1.86. The number of nitrogens with zero attached hydrogens (tertiary/aromatic N) is 2. The van der Waals surface area contributed by atoms with Gasteiger partial charge in [0.15, 0.2) is 0 Å². The molecule has 1 aromatic heterocycles. The van der Waals surface area contributed by atoms with Crippen LogP contribution in [0.25, 0.3) is 22.0 Å². The van der Waals surface area contributed by atoms with Crippen molar-refractivity contribution in [2.45, 2.75) is 0 Å². The summed E-state index contributed by atoms with van der Waals surface area (Å²) >= 11 is 0. The zero-order valence-corrected chi connectivity index (χ0v) is 12.0. The Labute approximate surface area is 128 Å². The summed E-state index contributed by atoms with van der Waals surface area (Å²) in [5.74, 6) is 0. The van der Waals surface area contributed by atoms with E-state index in [-0.39, 0.29) is 0 Å².